The predicted molar refractivity (Wildman–Crippen MR) is 131 cm³/mol. The zero-order valence-corrected chi connectivity index (χ0v) is 20.1. The molecule has 176 valence electrons. The van der Waals surface area contributed by atoms with E-state index in [1.165, 1.54) is 29.5 Å². The van der Waals surface area contributed by atoms with E-state index < -0.39 is 10.0 Å². The highest BCUT2D eigenvalue weighted by molar-refractivity contribution is 7.92. The number of hydrogen-bond donors (Lipinski definition) is 1. The van der Waals surface area contributed by atoms with Gasteiger partial charge in [-0.05, 0) is 85.9 Å². The van der Waals surface area contributed by atoms with Crippen LogP contribution < -0.4 is 4.72 Å². The maximum absolute atomic E-state index is 13.1. The van der Waals surface area contributed by atoms with Crippen molar-refractivity contribution in [2.75, 3.05) is 30.6 Å². The molecule has 33 heavy (non-hydrogen) atoms. The molecule has 0 unspecified atom stereocenters. The van der Waals surface area contributed by atoms with E-state index in [1.54, 1.807) is 0 Å². The zero-order valence-electron chi connectivity index (χ0n) is 19.2. The summed E-state index contributed by atoms with van der Waals surface area (Å²) in [6, 6.07) is 16.6. The minimum atomic E-state index is -3.26. The number of nitrogens with zero attached hydrogens (tertiary/aromatic N) is 2. The van der Waals surface area contributed by atoms with Gasteiger partial charge in [-0.2, -0.15) is 0 Å². The van der Waals surface area contributed by atoms with Gasteiger partial charge in [0.15, 0.2) is 0 Å². The molecule has 7 heteroatoms. The third-order valence-corrected chi connectivity index (χ3v) is 7.93. The van der Waals surface area contributed by atoms with E-state index in [0.29, 0.717) is 18.2 Å². The van der Waals surface area contributed by atoms with Crippen molar-refractivity contribution in [1.29, 1.82) is 0 Å². The molecule has 3 fully saturated rings. The lowest BCUT2D eigenvalue weighted by Gasteiger charge is -2.35. The Bertz CT molecular complexity index is 1090. The van der Waals surface area contributed by atoms with Crippen LogP contribution in [0.3, 0.4) is 0 Å². The van der Waals surface area contributed by atoms with Crippen molar-refractivity contribution in [3.8, 4) is 0 Å². The number of rotatable bonds is 7. The molecule has 1 amide bonds. The molecule has 6 nitrogen and oxygen atoms in total. The normalized spacial score (nSPS) is 22.6. The lowest BCUT2D eigenvalue weighted by Crippen LogP contribution is -2.45. The number of carbonyl (C=O) groups is 1. The first-order valence-electron chi connectivity index (χ1n) is 12.1. The standard InChI is InChI=1S/C26H33N3O3S/c1-33(31,32)27-24-10-8-22(9-11-24)23-12-15-28(16-13-23)25-14-17-29(26(25)30)18-19-2-4-20(5-3-19)21-6-7-21/h2-5,8-11,21,23,25,27H,6-7,12-18H2,1H3/t25-/m1/s1. The molecular weight excluding hydrogens is 434 g/mol. The number of carbonyl (C=O) groups excluding carboxylic acids is 1. The SMILES string of the molecule is CS(=O)(=O)Nc1ccc(C2CCN([C@@H]3CCN(Cc4ccc(C5CC5)cc4)C3=O)CC2)cc1. The van der Waals surface area contributed by atoms with Crippen molar-refractivity contribution in [1.82, 2.24) is 9.80 Å². The average Bonchev–Trinajstić information content (AvgIpc) is 3.58. The summed E-state index contributed by atoms with van der Waals surface area (Å²) in [5.41, 5.74) is 4.50. The molecule has 1 N–H and O–H groups in total. The minimum absolute atomic E-state index is 0.0121. The van der Waals surface area contributed by atoms with Crippen molar-refractivity contribution in [2.24, 2.45) is 0 Å². The number of piperidine rings is 1. The lowest BCUT2D eigenvalue weighted by molar-refractivity contribution is -0.133. The highest BCUT2D eigenvalue weighted by Gasteiger charge is 2.37. The second-order valence-electron chi connectivity index (χ2n) is 9.89. The van der Waals surface area contributed by atoms with Crippen molar-refractivity contribution in [2.45, 2.75) is 56.5 Å². The Balaban J connectivity index is 1.13. The van der Waals surface area contributed by atoms with Gasteiger partial charge in [0.05, 0.1) is 12.3 Å². The van der Waals surface area contributed by atoms with Gasteiger partial charge < -0.3 is 4.90 Å². The number of benzene rings is 2. The van der Waals surface area contributed by atoms with Crippen LogP contribution in [0.4, 0.5) is 5.69 Å². The van der Waals surface area contributed by atoms with Gasteiger partial charge in [-0.1, -0.05) is 36.4 Å². The summed E-state index contributed by atoms with van der Waals surface area (Å²) in [5, 5.41) is 0. The van der Waals surface area contributed by atoms with Crippen molar-refractivity contribution >= 4 is 21.6 Å². The van der Waals surface area contributed by atoms with E-state index in [4.69, 9.17) is 0 Å². The smallest absolute Gasteiger partial charge is 0.240 e. The Morgan fingerprint density at radius 3 is 1.97 bits per heavy atom. The highest BCUT2D eigenvalue weighted by atomic mass is 32.2. The lowest BCUT2D eigenvalue weighted by atomic mass is 9.88. The van der Waals surface area contributed by atoms with Crippen LogP contribution in [0.1, 0.15) is 60.6 Å². The third kappa shape index (κ3) is 5.41. The maximum atomic E-state index is 13.1. The van der Waals surface area contributed by atoms with Crippen LogP contribution in [0.15, 0.2) is 48.5 Å². The Labute approximate surface area is 197 Å². The Morgan fingerprint density at radius 2 is 1.39 bits per heavy atom. The molecule has 0 bridgehead atoms. The number of anilines is 1. The summed E-state index contributed by atoms with van der Waals surface area (Å²) in [7, 11) is -3.26. The van der Waals surface area contributed by atoms with Crippen LogP contribution in [-0.4, -0.2) is 56.1 Å². The molecular formula is C26H33N3O3S. The van der Waals surface area contributed by atoms with Gasteiger partial charge >= 0.3 is 0 Å². The summed E-state index contributed by atoms with van der Waals surface area (Å²) in [4.78, 5) is 17.5. The van der Waals surface area contributed by atoms with Gasteiger partial charge in [-0.3, -0.25) is 14.4 Å². The quantitative estimate of drug-likeness (QED) is 0.670. The summed E-state index contributed by atoms with van der Waals surface area (Å²) < 4.78 is 25.3. The summed E-state index contributed by atoms with van der Waals surface area (Å²) >= 11 is 0. The van der Waals surface area contributed by atoms with Crippen molar-refractivity contribution < 1.29 is 13.2 Å². The van der Waals surface area contributed by atoms with Crippen molar-refractivity contribution in [3.63, 3.8) is 0 Å². The first-order valence-corrected chi connectivity index (χ1v) is 13.9. The summed E-state index contributed by atoms with van der Waals surface area (Å²) in [6.45, 7) is 3.40. The monoisotopic (exact) mass is 467 g/mol. The molecule has 2 heterocycles. The Hall–Kier alpha value is -2.38. The molecule has 3 aliphatic rings. The second kappa shape index (κ2) is 9.11. The van der Waals surface area contributed by atoms with Crippen LogP contribution in [0.2, 0.25) is 0 Å². The number of hydrogen-bond acceptors (Lipinski definition) is 4. The van der Waals surface area contributed by atoms with Gasteiger partial charge in [-0.25, -0.2) is 8.42 Å². The molecule has 0 aromatic heterocycles. The van der Waals surface area contributed by atoms with Gasteiger partial charge in [-0.15, -0.1) is 0 Å². The van der Waals surface area contributed by atoms with E-state index >= 15 is 0 Å². The highest BCUT2D eigenvalue weighted by Crippen LogP contribution is 2.40. The molecule has 0 radical (unpaired) electrons. The van der Waals surface area contributed by atoms with E-state index in [2.05, 4.69) is 33.9 Å². The molecule has 2 aromatic carbocycles. The van der Waals surface area contributed by atoms with Crippen LogP contribution >= 0.6 is 0 Å². The van der Waals surface area contributed by atoms with Crippen LogP contribution in [0, 0.1) is 0 Å². The van der Waals surface area contributed by atoms with Crippen molar-refractivity contribution in [3.05, 3.63) is 65.2 Å². The van der Waals surface area contributed by atoms with Crippen LogP contribution in [0.25, 0.3) is 0 Å². The maximum Gasteiger partial charge on any atom is 0.240 e. The Kier molecular flexibility index (Phi) is 6.18. The van der Waals surface area contributed by atoms with Gasteiger partial charge in [0.25, 0.3) is 0 Å². The number of likely N-dealkylation sites (tertiary alicyclic amines) is 2. The molecule has 1 aliphatic carbocycles. The molecule has 0 spiro atoms. The third-order valence-electron chi connectivity index (χ3n) is 7.33. The topological polar surface area (TPSA) is 69.7 Å². The summed E-state index contributed by atoms with van der Waals surface area (Å²) in [6.07, 6.45) is 6.74. The fourth-order valence-corrected chi connectivity index (χ4v) is 5.90. The van der Waals surface area contributed by atoms with Crippen LogP contribution in [-0.2, 0) is 21.4 Å². The predicted octanol–water partition coefficient (Wildman–Crippen LogP) is 3.92. The number of amides is 1. The van der Waals surface area contributed by atoms with E-state index in [9.17, 15) is 13.2 Å². The van der Waals surface area contributed by atoms with Gasteiger partial charge in [0.1, 0.15) is 0 Å². The largest absolute Gasteiger partial charge is 0.337 e. The summed E-state index contributed by atoms with van der Waals surface area (Å²) in [5.74, 6) is 1.49. The zero-order chi connectivity index (χ0) is 23.0. The number of nitrogens with one attached hydrogen (secondary N) is 1. The van der Waals surface area contributed by atoms with Gasteiger partial charge in [0, 0.05) is 18.8 Å². The first kappa shape index (κ1) is 22.4. The Morgan fingerprint density at radius 1 is 0.818 bits per heavy atom. The fourth-order valence-electron chi connectivity index (χ4n) is 5.33. The van der Waals surface area contributed by atoms with E-state index in [0.717, 1.165) is 51.1 Å². The van der Waals surface area contributed by atoms with Gasteiger partial charge in [0.2, 0.25) is 15.9 Å². The molecule has 1 atom stereocenters. The number of sulfonamides is 1. The molecule has 1 saturated carbocycles. The van der Waals surface area contributed by atoms with Crippen LogP contribution in [0.5, 0.6) is 0 Å². The first-order chi connectivity index (χ1) is 15.9. The molecule has 2 saturated heterocycles. The fraction of sp³-hybridized carbons (Fsp3) is 0.500. The van der Waals surface area contributed by atoms with E-state index in [-0.39, 0.29) is 11.9 Å². The minimum Gasteiger partial charge on any atom is -0.337 e. The van der Waals surface area contributed by atoms with E-state index in [1.807, 2.05) is 29.2 Å². The molecule has 2 aromatic rings. The average molecular weight is 468 g/mol. The molecule has 2 aliphatic heterocycles. The second-order valence-corrected chi connectivity index (χ2v) is 11.6. The molecule has 5 rings (SSSR count).